The van der Waals surface area contributed by atoms with E-state index in [4.69, 9.17) is 28.3 Å². The largest absolute Gasteiger partial charge is 0.505 e. The fraction of sp³-hybridized carbons (Fsp3) is 0.468. The number of methoxy groups -OCH3 is 1. The molecule has 9 atom stereocenters. The van der Waals surface area contributed by atoms with E-state index in [-0.39, 0.29) is 50.0 Å². The van der Waals surface area contributed by atoms with Crippen molar-refractivity contribution in [3.8, 4) is 11.5 Å². The van der Waals surface area contributed by atoms with Gasteiger partial charge in [-0.05, 0) is 45.9 Å². The maximum atomic E-state index is 14.7. The number of carbonyl (C=O) groups is 3. The molecule has 0 saturated carbocycles. The Labute approximate surface area is 360 Å². The number of anilines is 2. The lowest BCUT2D eigenvalue weighted by Gasteiger charge is -2.38. The van der Waals surface area contributed by atoms with E-state index in [1.807, 2.05) is 19.9 Å². The summed E-state index contributed by atoms with van der Waals surface area (Å²) in [6.45, 7) is 18.1. The third-order valence-electron chi connectivity index (χ3n) is 12.4. The molecule has 15 nitrogen and oxygen atoms in total. The number of carbonyl (C=O) groups excluding carboxylic acids is 3. The van der Waals surface area contributed by atoms with Crippen LogP contribution < -0.4 is 20.4 Å². The average molecular weight is 856 g/mol. The van der Waals surface area contributed by atoms with E-state index in [0.29, 0.717) is 24.2 Å². The lowest BCUT2D eigenvalue weighted by atomic mass is 9.78. The average Bonchev–Trinajstić information content (AvgIpc) is 3.51. The van der Waals surface area contributed by atoms with Crippen molar-refractivity contribution >= 4 is 62.0 Å². The van der Waals surface area contributed by atoms with Gasteiger partial charge in [0.05, 0.1) is 35.5 Å². The van der Waals surface area contributed by atoms with Crippen LogP contribution in [0.2, 0.25) is 0 Å². The lowest BCUT2D eigenvalue weighted by molar-refractivity contribution is -0.160. The van der Waals surface area contributed by atoms with Crippen LogP contribution in [0.15, 0.2) is 63.6 Å². The number of aromatic hydroxyl groups is 1. The molecule has 0 unspecified atom stereocenters. The second-order valence-corrected chi connectivity index (χ2v) is 16.6. The summed E-state index contributed by atoms with van der Waals surface area (Å²) in [6, 6.07) is 5.42. The number of aromatic nitrogens is 1. The number of amides is 1. The number of aliphatic hydroxyl groups excluding tert-OH is 2. The Morgan fingerprint density at radius 2 is 1.68 bits per heavy atom. The van der Waals surface area contributed by atoms with Gasteiger partial charge < -0.3 is 48.9 Å². The first kappa shape index (κ1) is 45.7. The minimum absolute atomic E-state index is 0.00287. The summed E-state index contributed by atoms with van der Waals surface area (Å²) in [7, 11) is 1.45. The van der Waals surface area contributed by atoms with Crippen molar-refractivity contribution in [3.63, 3.8) is 0 Å². The molecule has 5 bridgehead atoms. The first-order valence-corrected chi connectivity index (χ1v) is 21.0. The minimum Gasteiger partial charge on any atom is -0.505 e. The van der Waals surface area contributed by atoms with Gasteiger partial charge in [-0.25, -0.2) is 4.98 Å². The molecule has 1 amide bonds. The summed E-state index contributed by atoms with van der Waals surface area (Å²) in [5.41, 5.74) is 0.636. The molecule has 0 radical (unpaired) electrons. The van der Waals surface area contributed by atoms with Crippen LogP contribution >= 0.6 is 0 Å². The number of nitrogens with zero attached hydrogens (tertiary/aromatic N) is 2. The van der Waals surface area contributed by atoms with Crippen molar-refractivity contribution in [1.29, 1.82) is 0 Å². The van der Waals surface area contributed by atoms with E-state index in [2.05, 4.69) is 10.2 Å². The highest BCUT2D eigenvalue weighted by molar-refractivity contribution is 6.26. The van der Waals surface area contributed by atoms with Crippen molar-refractivity contribution in [1.82, 2.24) is 4.98 Å². The Hall–Kier alpha value is -5.77. The SMILES string of the molecule is CCN(CC)c1ccc2nc3c(oc2c1)c1c(O)c2c(=O)c(C)c4c(c23)C(=O)[C@@](C)(O/C=C\[C@H](OC)[C@@H](C)[C@@H](OC(C)=O)[C@H](C)[C@H](O)[C@H](C)[C@@H](O)[C@@H](C)/C=C/C=C(\C)C(=O)N1)O4. The van der Waals surface area contributed by atoms with Crippen molar-refractivity contribution in [2.24, 2.45) is 23.7 Å². The van der Waals surface area contributed by atoms with Crippen LogP contribution in [-0.4, -0.2) is 88.4 Å². The fourth-order valence-electron chi connectivity index (χ4n) is 8.58. The molecule has 2 aliphatic heterocycles. The topological polar surface area (TPSA) is 207 Å². The molecule has 0 saturated heterocycles. The van der Waals surface area contributed by atoms with E-state index >= 15 is 0 Å². The normalized spacial score (nSPS) is 29.2. The van der Waals surface area contributed by atoms with Crippen molar-refractivity contribution in [3.05, 3.63) is 75.7 Å². The molecule has 4 N–H and O–H groups in total. The maximum absolute atomic E-state index is 14.7. The van der Waals surface area contributed by atoms with Gasteiger partial charge in [-0.15, -0.1) is 0 Å². The summed E-state index contributed by atoms with van der Waals surface area (Å²) in [5.74, 6) is -7.15. The summed E-state index contributed by atoms with van der Waals surface area (Å²) in [5, 5.41) is 37.4. The van der Waals surface area contributed by atoms with Gasteiger partial charge in [0.25, 0.3) is 11.7 Å². The first-order chi connectivity index (χ1) is 29.3. The molecule has 0 spiro atoms. The van der Waals surface area contributed by atoms with Gasteiger partial charge in [-0.3, -0.25) is 19.2 Å². The van der Waals surface area contributed by atoms with E-state index in [0.717, 1.165) is 5.69 Å². The molecular weight excluding hydrogens is 799 g/mol. The summed E-state index contributed by atoms with van der Waals surface area (Å²) < 4.78 is 30.3. The Kier molecular flexibility index (Phi) is 13.2. The zero-order chi connectivity index (χ0) is 45.5. The number of benzene rings is 3. The second-order valence-electron chi connectivity index (χ2n) is 16.6. The third kappa shape index (κ3) is 8.16. The lowest BCUT2D eigenvalue weighted by Crippen LogP contribution is -2.46. The molecule has 2 aliphatic rings. The second kappa shape index (κ2) is 17.9. The summed E-state index contributed by atoms with van der Waals surface area (Å²) >= 11 is 0. The molecule has 62 heavy (non-hydrogen) atoms. The number of esters is 1. The van der Waals surface area contributed by atoms with Crippen molar-refractivity contribution in [2.45, 2.75) is 99.4 Å². The van der Waals surface area contributed by atoms with E-state index < -0.39 is 82.7 Å². The van der Waals surface area contributed by atoms with Crippen LogP contribution in [0.1, 0.15) is 78.2 Å². The number of phenols is 1. The van der Waals surface area contributed by atoms with Gasteiger partial charge in [0.1, 0.15) is 28.6 Å². The Morgan fingerprint density at radius 1 is 0.984 bits per heavy atom. The predicted octanol–water partition coefficient (Wildman–Crippen LogP) is 6.84. The number of aliphatic hydroxyl groups is 2. The molecule has 3 aromatic carbocycles. The molecule has 332 valence electrons. The van der Waals surface area contributed by atoms with Gasteiger partial charge >= 0.3 is 11.8 Å². The van der Waals surface area contributed by atoms with Crippen LogP contribution in [0.25, 0.3) is 33.0 Å². The smallest absolute Gasteiger partial charge is 0.312 e. The molecule has 0 fully saturated rings. The monoisotopic (exact) mass is 855 g/mol. The highest BCUT2D eigenvalue weighted by Gasteiger charge is 2.49. The van der Waals surface area contributed by atoms with Crippen molar-refractivity contribution < 1.29 is 53.1 Å². The quantitative estimate of drug-likeness (QED) is 0.0702. The summed E-state index contributed by atoms with van der Waals surface area (Å²) in [4.78, 5) is 62.3. The van der Waals surface area contributed by atoms with Gasteiger partial charge in [-0.1, -0.05) is 45.9 Å². The van der Waals surface area contributed by atoms with Crippen LogP contribution in [0.3, 0.4) is 0 Å². The number of hydrogen-bond acceptors (Lipinski definition) is 14. The molecular formula is C47H57N3O12. The number of ketones is 1. The standard InChI is InChI=1S/C47H57N3O12/c1-12-50(13-2)29-17-18-30-32(21-29)61-44-36(48-30)33-34-40(54)27(8)43-35(33)45(56)47(10,62-43)59-20-19-31(58-11)24(5)42(60-28(9)51)26(7)39(53)25(6)38(52)22(3)15-14-16-23(4)46(57)49-37(44)41(34)55/h14-22,24-26,31,38-39,42,52-53,55H,12-13H2,1-11H3,(H,49,57)/b15-14+,20-19-,23-16+/t22-,24+,25+,26+,31-,38-,39+,42+,47-/m0/s1. The highest BCUT2D eigenvalue weighted by atomic mass is 16.7. The Bertz CT molecular complexity index is 2570. The predicted molar refractivity (Wildman–Crippen MR) is 235 cm³/mol. The van der Waals surface area contributed by atoms with E-state index in [1.165, 1.54) is 46.3 Å². The number of Topliss-reactive ketones (excluding diaryl/α,β-unsaturated/α-hetero) is 1. The van der Waals surface area contributed by atoms with E-state index in [9.17, 15) is 34.5 Å². The molecule has 6 rings (SSSR count). The molecule has 15 heteroatoms. The third-order valence-corrected chi connectivity index (χ3v) is 12.4. The van der Waals surface area contributed by atoms with Crippen LogP contribution in [0, 0.1) is 30.6 Å². The highest BCUT2D eigenvalue weighted by Crippen LogP contribution is 2.48. The zero-order valence-corrected chi connectivity index (χ0v) is 37.1. The number of hydrogen-bond donors (Lipinski definition) is 4. The number of allylic oxidation sites excluding steroid dienone is 2. The van der Waals surface area contributed by atoms with Gasteiger partial charge in [0, 0.05) is 86.0 Å². The van der Waals surface area contributed by atoms with Crippen LogP contribution in [0.5, 0.6) is 11.5 Å². The summed E-state index contributed by atoms with van der Waals surface area (Å²) in [6.07, 6.45) is 3.67. The zero-order valence-electron chi connectivity index (χ0n) is 37.1. The van der Waals surface area contributed by atoms with Gasteiger partial charge in [0.2, 0.25) is 0 Å². The molecule has 3 heterocycles. The van der Waals surface area contributed by atoms with Crippen LogP contribution in [0.4, 0.5) is 11.4 Å². The Morgan fingerprint density at radius 3 is 2.32 bits per heavy atom. The molecule has 1 aromatic heterocycles. The number of rotatable bonds is 5. The number of ether oxygens (including phenoxy) is 4. The Balaban J connectivity index is 1.61. The first-order valence-electron chi connectivity index (χ1n) is 21.0. The molecule has 0 aliphatic carbocycles. The minimum atomic E-state index is -2.03. The van der Waals surface area contributed by atoms with Gasteiger partial charge in [0.15, 0.2) is 22.3 Å². The molecule has 4 aromatic rings. The number of fused-ring (bicyclic) bond motifs is 5. The number of nitrogens with one attached hydrogen (secondary N) is 1. The van der Waals surface area contributed by atoms with Crippen LogP contribution in [-0.2, 0) is 23.8 Å². The van der Waals surface area contributed by atoms with Crippen molar-refractivity contribution in [2.75, 3.05) is 30.4 Å². The number of phenolic OH excluding ortho intramolecular Hbond substituents is 1. The fourth-order valence-corrected chi connectivity index (χ4v) is 8.58. The van der Waals surface area contributed by atoms with E-state index in [1.54, 1.807) is 58.9 Å². The maximum Gasteiger partial charge on any atom is 0.312 e. The van der Waals surface area contributed by atoms with Gasteiger partial charge in [-0.2, -0.15) is 0 Å².